The first kappa shape index (κ1) is 12.1. The Hall–Kier alpha value is -0.940. The highest BCUT2D eigenvalue weighted by molar-refractivity contribution is 4.87. The van der Waals surface area contributed by atoms with Crippen LogP contribution in [-0.4, -0.2) is 41.1 Å². The number of aryl methyl sites for hydroxylation is 2. The van der Waals surface area contributed by atoms with E-state index in [0.29, 0.717) is 0 Å². The first-order valence-corrected chi connectivity index (χ1v) is 5.40. The van der Waals surface area contributed by atoms with Gasteiger partial charge in [-0.3, -0.25) is 0 Å². The van der Waals surface area contributed by atoms with Gasteiger partial charge in [0.25, 0.3) is 0 Å². The monoisotopic (exact) mass is 212 g/mol. The van der Waals surface area contributed by atoms with E-state index < -0.39 is 0 Å². The Morgan fingerprint density at radius 1 is 1.33 bits per heavy atom. The molecule has 0 spiro atoms. The number of rotatable bonds is 7. The molecule has 5 nitrogen and oxygen atoms in total. The summed E-state index contributed by atoms with van der Waals surface area (Å²) >= 11 is 0. The van der Waals surface area contributed by atoms with Crippen LogP contribution < -0.4 is 5.32 Å². The number of ether oxygens (including phenoxy) is 1. The normalized spacial score (nSPS) is 10.9. The second-order valence-electron chi connectivity index (χ2n) is 3.38. The molecule has 86 valence electrons. The van der Waals surface area contributed by atoms with Gasteiger partial charge in [0.2, 0.25) is 0 Å². The molecular weight excluding hydrogens is 192 g/mol. The molecule has 0 aliphatic heterocycles. The summed E-state index contributed by atoms with van der Waals surface area (Å²) in [6.07, 6.45) is 0. The van der Waals surface area contributed by atoms with E-state index in [0.717, 1.165) is 44.5 Å². The summed E-state index contributed by atoms with van der Waals surface area (Å²) in [5.41, 5.74) is 0. The van der Waals surface area contributed by atoms with Gasteiger partial charge in [-0.2, -0.15) is 5.10 Å². The maximum atomic E-state index is 5.22. The van der Waals surface area contributed by atoms with Gasteiger partial charge in [0.05, 0.1) is 13.2 Å². The summed E-state index contributed by atoms with van der Waals surface area (Å²) < 4.78 is 7.14. The van der Waals surface area contributed by atoms with Crippen LogP contribution in [0.25, 0.3) is 0 Å². The molecule has 0 radical (unpaired) electrons. The van der Waals surface area contributed by atoms with Gasteiger partial charge in [-0.1, -0.05) is 0 Å². The first-order chi connectivity index (χ1) is 7.24. The van der Waals surface area contributed by atoms with Crippen molar-refractivity contribution in [2.24, 2.45) is 0 Å². The Kier molecular flexibility index (Phi) is 5.28. The Labute approximate surface area is 90.8 Å². The molecule has 1 heterocycles. The maximum Gasteiger partial charge on any atom is 0.147 e. The minimum Gasteiger partial charge on any atom is -0.380 e. The molecule has 0 unspecified atom stereocenters. The van der Waals surface area contributed by atoms with Crippen LogP contribution in [0.1, 0.15) is 18.6 Å². The Bertz CT molecular complexity index is 285. The molecule has 0 aliphatic rings. The standard InChI is InChI=1S/C10H20N4O/c1-4-15-8-6-11-5-7-14-10(3)12-9(2)13-14/h11H,4-8H2,1-3H3. The number of hydrogen-bond acceptors (Lipinski definition) is 4. The van der Waals surface area contributed by atoms with Gasteiger partial charge in [0.15, 0.2) is 0 Å². The zero-order valence-corrected chi connectivity index (χ0v) is 9.79. The quantitative estimate of drug-likeness (QED) is 0.670. The van der Waals surface area contributed by atoms with E-state index in [-0.39, 0.29) is 0 Å². The largest absolute Gasteiger partial charge is 0.380 e. The van der Waals surface area contributed by atoms with Crippen molar-refractivity contribution in [3.63, 3.8) is 0 Å². The Morgan fingerprint density at radius 3 is 2.73 bits per heavy atom. The summed E-state index contributed by atoms with van der Waals surface area (Å²) in [4.78, 5) is 4.24. The number of hydrogen-bond donors (Lipinski definition) is 1. The highest BCUT2D eigenvalue weighted by Crippen LogP contribution is 1.94. The zero-order chi connectivity index (χ0) is 11.1. The van der Waals surface area contributed by atoms with Crippen molar-refractivity contribution in [2.45, 2.75) is 27.3 Å². The van der Waals surface area contributed by atoms with E-state index in [1.54, 1.807) is 0 Å². The number of nitrogens with one attached hydrogen (secondary N) is 1. The van der Waals surface area contributed by atoms with Crippen molar-refractivity contribution >= 4 is 0 Å². The van der Waals surface area contributed by atoms with Crippen LogP contribution in [-0.2, 0) is 11.3 Å². The van der Waals surface area contributed by atoms with E-state index in [1.165, 1.54) is 0 Å². The van der Waals surface area contributed by atoms with Crippen molar-refractivity contribution in [1.82, 2.24) is 20.1 Å². The molecule has 1 aromatic heterocycles. The minimum absolute atomic E-state index is 0.770. The Morgan fingerprint density at radius 2 is 2.13 bits per heavy atom. The van der Waals surface area contributed by atoms with Crippen LogP contribution >= 0.6 is 0 Å². The Balaban J connectivity index is 2.12. The molecule has 5 heteroatoms. The summed E-state index contributed by atoms with van der Waals surface area (Å²) in [5.74, 6) is 1.81. The molecule has 1 aromatic rings. The van der Waals surface area contributed by atoms with Crippen LogP contribution in [0.3, 0.4) is 0 Å². The third kappa shape index (κ3) is 4.40. The van der Waals surface area contributed by atoms with Crippen molar-refractivity contribution in [2.75, 3.05) is 26.3 Å². The molecule has 0 amide bonds. The van der Waals surface area contributed by atoms with E-state index >= 15 is 0 Å². The minimum atomic E-state index is 0.770. The van der Waals surface area contributed by atoms with Crippen molar-refractivity contribution in [1.29, 1.82) is 0 Å². The van der Waals surface area contributed by atoms with E-state index in [9.17, 15) is 0 Å². The average molecular weight is 212 g/mol. The third-order valence-corrected chi connectivity index (χ3v) is 2.09. The number of aromatic nitrogens is 3. The average Bonchev–Trinajstić information content (AvgIpc) is 2.51. The second-order valence-corrected chi connectivity index (χ2v) is 3.38. The van der Waals surface area contributed by atoms with E-state index in [1.807, 2.05) is 25.5 Å². The van der Waals surface area contributed by atoms with Crippen molar-refractivity contribution < 1.29 is 4.74 Å². The molecule has 1 N–H and O–H groups in total. The van der Waals surface area contributed by atoms with Crippen LogP contribution in [0.4, 0.5) is 0 Å². The fourth-order valence-electron chi connectivity index (χ4n) is 1.37. The molecule has 0 aromatic carbocycles. The van der Waals surface area contributed by atoms with Crippen LogP contribution in [0.2, 0.25) is 0 Å². The lowest BCUT2D eigenvalue weighted by Gasteiger charge is -2.05. The summed E-state index contributed by atoms with van der Waals surface area (Å²) in [6, 6.07) is 0. The van der Waals surface area contributed by atoms with E-state index in [4.69, 9.17) is 4.74 Å². The van der Waals surface area contributed by atoms with Gasteiger partial charge in [-0.15, -0.1) is 0 Å². The van der Waals surface area contributed by atoms with Crippen LogP contribution in [0, 0.1) is 13.8 Å². The predicted octanol–water partition coefficient (Wildman–Crippen LogP) is 0.521. The summed E-state index contributed by atoms with van der Waals surface area (Å²) in [5, 5.41) is 7.57. The summed E-state index contributed by atoms with van der Waals surface area (Å²) in [7, 11) is 0. The predicted molar refractivity (Wildman–Crippen MR) is 58.9 cm³/mol. The lowest BCUT2D eigenvalue weighted by molar-refractivity contribution is 0.149. The van der Waals surface area contributed by atoms with Gasteiger partial charge in [0.1, 0.15) is 11.6 Å². The van der Waals surface area contributed by atoms with E-state index in [2.05, 4.69) is 15.4 Å². The lowest BCUT2D eigenvalue weighted by Crippen LogP contribution is -2.24. The van der Waals surface area contributed by atoms with Crippen LogP contribution in [0.15, 0.2) is 0 Å². The fraction of sp³-hybridized carbons (Fsp3) is 0.800. The molecule has 0 fully saturated rings. The van der Waals surface area contributed by atoms with Crippen molar-refractivity contribution in [3.05, 3.63) is 11.6 Å². The van der Waals surface area contributed by atoms with Gasteiger partial charge in [-0.05, 0) is 20.8 Å². The number of nitrogens with zero attached hydrogens (tertiary/aromatic N) is 3. The van der Waals surface area contributed by atoms with Gasteiger partial charge >= 0.3 is 0 Å². The van der Waals surface area contributed by atoms with Crippen molar-refractivity contribution in [3.8, 4) is 0 Å². The third-order valence-electron chi connectivity index (χ3n) is 2.09. The highest BCUT2D eigenvalue weighted by atomic mass is 16.5. The highest BCUT2D eigenvalue weighted by Gasteiger charge is 2.00. The van der Waals surface area contributed by atoms with Crippen LogP contribution in [0.5, 0.6) is 0 Å². The first-order valence-electron chi connectivity index (χ1n) is 5.40. The smallest absolute Gasteiger partial charge is 0.147 e. The van der Waals surface area contributed by atoms with Gasteiger partial charge in [-0.25, -0.2) is 9.67 Å². The lowest BCUT2D eigenvalue weighted by atomic mass is 10.5. The van der Waals surface area contributed by atoms with Gasteiger partial charge in [0, 0.05) is 19.7 Å². The molecule has 15 heavy (non-hydrogen) atoms. The second kappa shape index (κ2) is 6.53. The SMILES string of the molecule is CCOCCNCCn1nc(C)nc1C. The molecule has 0 saturated heterocycles. The topological polar surface area (TPSA) is 52.0 Å². The summed E-state index contributed by atoms with van der Waals surface area (Å²) in [6.45, 7) is 10.1. The molecule has 0 atom stereocenters. The molecule has 0 saturated carbocycles. The zero-order valence-electron chi connectivity index (χ0n) is 9.79. The molecule has 1 rings (SSSR count). The molecule has 0 bridgehead atoms. The fourth-order valence-corrected chi connectivity index (χ4v) is 1.37. The molecule has 0 aliphatic carbocycles. The maximum absolute atomic E-state index is 5.22. The molecular formula is C10H20N4O. The van der Waals surface area contributed by atoms with Gasteiger partial charge < -0.3 is 10.1 Å².